The van der Waals surface area contributed by atoms with Crippen LogP contribution in [0.15, 0.2) is 29.2 Å². The van der Waals surface area contributed by atoms with Crippen LogP contribution in [0.2, 0.25) is 0 Å². The van der Waals surface area contributed by atoms with E-state index in [0.29, 0.717) is 5.69 Å². The van der Waals surface area contributed by atoms with Gasteiger partial charge in [-0.15, -0.1) is 0 Å². The van der Waals surface area contributed by atoms with Crippen molar-refractivity contribution in [1.29, 1.82) is 0 Å². The number of hydrogen-bond donors (Lipinski definition) is 2. The van der Waals surface area contributed by atoms with E-state index in [1.807, 2.05) is 0 Å². The second kappa shape index (κ2) is 9.24. The third kappa shape index (κ3) is 5.86. The van der Waals surface area contributed by atoms with Gasteiger partial charge in [0.1, 0.15) is 23.0 Å². The van der Waals surface area contributed by atoms with Crippen molar-refractivity contribution in [1.82, 2.24) is 4.98 Å². The number of aromatic carboxylic acids is 1. The lowest BCUT2D eigenvalue weighted by Gasteiger charge is -2.01. The molecule has 144 valence electrons. The van der Waals surface area contributed by atoms with Gasteiger partial charge in [0, 0.05) is 10.8 Å². The maximum absolute atomic E-state index is 12.0. The summed E-state index contributed by atoms with van der Waals surface area (Å²) in [6, 6.07) is 2.64. The van der Waals surface area contributed by atoms with E-state index in [1.165, 1.54) is 18.2 Å². The Balaban J connectivity index is 1.91. The van der Waals surface area contributed by atoms with Crippen LogP contribution in [0.1, 0.15) is 31.7 Å². The molecule has 9 nitrogen and oxygen atoms in total. The number of furan rings is 1. The number of rotatable bonds is 9. The third-order valence-electron chi connectivity index (χ3n) is 3.03. The summed E-state index contributed by atoms with van der Waals surface area (Å²) in [6.07, 6.45) is 1.44. The highest BCUT2D eigenvalue weighted by Gasteiger charge is 2.19. The zero-order chi connectivity index (χ0) is 20.0. The van der Waals surface area contributed by atoms with Gasteiger partial charge >= 0.3 is 11.9 Å². The summed E-state index contributed by atoms with van der Waals surface area (Å²) in [5.74, 6) is -2.85. The minimum atomic E-state index is -1.61. The van der Waals surface area contributed by atoms with Gasteiger partial charge in [-0.2, -0.15) is 0 Å². The molecule has 0 bridgehead atoms. The van der Waals surface area contributed by atoms with Crippen molar-refractivity contribution in [2.45, 2.75) is 12.7 Å². The minimum Gasteiger partial charge on any atom is -0.475 e. The van der Waals surface area contributed by atoms with Crippen LogP contribution in [-0.4, -0.2) is 44.5 Å². The van der Waals surface area contributed by atoms with Crippen molar-refractivity contribution in [3.05, 3.63) is 46.9 Å². The number of carbonyl (C=O) groups excluding carboxylic acids is 2. The predicted molar refractivity (Wildman–Crippen MR) is 98.3 cm³/mol. The first-order chi connectivity index (χ1) is 12.8. The van der Waals surface area contributed by atoms with Gasteiger partial charge in [-0.05, 0) is 19.1 Å². The average Bonchev–Trinajstić information content (AvgIpc) is 3.19. The van der Waals surface area contributed by atoms with E-state index < -0.39 is 28.6 Å². The molecule has 1 atom stereocenters. The standard InChI is InChI=1S/C16H16N2O7S2/c1-3-6-24-15(22)13-9(2)17-16(26-13)18-12(19)8-27(23)7-10-4-5-11(25-10)14(20)21/h3-5H,1,6-8H2,2H3,(H,20,21)(H,17,18,19). The summed E-state index contributed by atoms with van der Waals surface area (Å²) in [7, 11) is -1.61. The molecule has 0 aliphatic heterocycles. The molecule has 11 heteroatoms. The fraction of sp³-hybridized carbons (Fsp3) is 0.250. The molecule has 0 aliphatic rings. The Morgan fingerprint density at radius 1 is 1.44 bits per heavy atom. The number of nitrogens with one attached hydrogen (secondary N) is 1. The molecule has 2 heterocycles. The highest BCUT2D eigenvalue weighted by molar-refractivity contribution is 7.84. The molecule has 2 rings (SSSR count). The zero-order valence-corrected chi connectivity index (χ0v) is 15.9. The van der Waals surface area contributed by atoms with E-state index >= 15 is 0 Å². The molecular weight excluding hydrogens is 396 g/mol. The molecule has 0 aliphatic carbocycles. The predicted octanol–water partition coefficient (Wildman–Crippen LogP) is 1.97. The van der Waals surface area contributed by atoms with Gasteiger partial charge in [0.2, 0.25) is 11.7 Å². The van der Waals surface area contributed by atoms with Gasteiger partial charge in [-0.3, -0.25) is 9.00 Å². The molecular formula is C16H16N2O7S2. The van der Waals surface area contributed by atoms with E-state index in [1.54, 1.807) is 6.92 Å². The zero-order valence-electron chi connectivity index (χ0n) is 14.2. The highest BCUT2D eigenvalue weighted by Crippen LogP contribution is 2.23. The lowest BCUT2D eigenvalue weighted by molar-refractivity contribution is -0.113. The summed E-state index contributed by atoms with van der Waals surface area (Å²) in [6.45, 7) is 5.12. The first-order valence-electron chi connectivity index (χ1n) is 7.52. The van der Waals surface area contributed by atoms with Gasteiger partial charge in [0.05, 0.1) is 11.4 Å². The van der Waals surface area contributed by atoms with Crippen molar-refractivity contribution < 1.29 is 32.9 Å². The van der Waals surface area contributed by atoms with Crippen molar-refractivity contribution in [3.8, 4) is 0 Å². The molecule has 2 aromatic rings. The van der Waals surface area contributed by atoms with Crippen molar-refractivity contribution in [3.63, 3.8) is 0 Å². The Bertz CT molecular complexity index is 900. The van der Waals surface area contributed by atoms with Gasteiger partial charge in [0.25, 0.3) is 0 Å². The Morgan fingerprint density at radius 3 is 2.81 bits per heavy atom. The monoisotopic (exact) mass is 412 g/mol. The van der Waals surface area contributed by atoms with E-state index in [4.69, 9.17) is 14.3 Å². The molecule has 0 saturated heterocycles. The summed E-state index contributed by atoms with van der Waals surface area (Å²) in [4.78, 5) is 38.9. The summed E-state index contributed by atoms with van der Waals surface area (Å²) < 4.78 is 22.0. The van der Waals surface area contributed by atoms with E-state index in [-0.39, 0.29) is 39.6 Å². The minimum absolute atomic E-state index is 0.0627. The number of aromatic nitrogens is 1. The normalized spacial score (nSPS) is 11.6. The number of carbonyl (C=O) groups is 3. The summed E-state index contributed by atoms with van der Waals surface area (Å²) in [5, 5.41) is 11.4. The SMILES string of the molecule is C=CCOC(=O)c1sc(NC(=O)CS(=O)Cc2ccc(C(=O)O)o2)nc1C. The maximum Gasteiger partial charge on any atom is 0.371 e. The Labute approximate surface area is 160 Å². The molecule has 0 fully saturated rings. The number of amides is 1. The first kappa shape index (κ1) is 20.5. The van der Waals surface area contributed by atoms with Crippen LogP contribution in [0, 0.1) is 6.92 Å². The Hall–Kier alpha value is -2.79. The number of carboxylic acids is 1. The van der Waals surface area contributed by atoms with Gasteiger partial charge < -0.3 is 19.6 Å². The van der Waals surface area contributed by atoms with Crippen LogP contribution < -0.4 is 5.32 Å². The molecule has 2 N–H and O–H groups in total. The number of anilines is 1. The molecule has 0 aromatic carbocycles. The molecule has 1 unspecified atom stereocenters. The topological polar surface area (TPSA) is 136 Å². The van der Waals surface area contributed by atoms with Crippen molar-refractivity contribution >= 4 is 45.1 Å². The van der Waals surface area contributed by atoms with Crippen LogP contribution in [0.4, 0.5) is 5.13 Å². The highest BCUT2D eigenvalue weighted by atomic mass is 32.2. The van der Waals surface area contributed by atoms with Gasteiger partial charge in [-0.25, -0.2) is 14.6 Å². The molecule has 0 radical (unpaired) electrons. The van der Waals surface area contributed by atoms with Crippen molar-refractivity contribution in [2.24, 2.45) is 0 Å². The largest absolute Gasteiger partial charge is 0.475 e. The Kier molecular flexibility index (Phi) is 7.02. The number of nitrogens with zero attached hydrogens (tertiary/aromatic N) is 1. The molecule has 1 amide bonds. The van der Waals surface area contributed by atoms with Crippen LogP contribution >= 0.6 is 11.3 Å². The first-order valence-corrected chi connectivity index (χ1v) is 9.83. The maximum atomic E-state index is 12.0. The van der Waals surface area contributed by atoms with Crippen LogP contribution in [0.5, 0.6) is 0 Å². The number of thiazole rings is 1. The summed E-state index contributed by atoms with van der Waals surface area (Å²) in [5.41, 5.74) is 0.405. The fourth-order valence-corrected chi connectivity index (χ4v) is 3.74. The van der Waals surface area contributed by atoms with Gasteiger partial charge in [0.15, 0.2) is 5.13 Å². The summed E-state index contributed by atoms with van der Waals surface area (Å²) >= 11 is 0.949. The second-order valence-electron chi connectivity index (χ2n) is 5.17. The van der Waals surface area contributed by atoms with Crippen LogP contribution in [-0.2, 0) is 26.1 Å². The van der Waals surface area contributed by atoms with Crippen molar-refractivity contribution in [2.75, 3.05) is 17.7 Å². The lowest BCUT2D eigenvalue weighted by atomic mass is 10.4. The smallest absolute Gasteiger partial charge is 0.371 e. The van der Waals surface area contributed by atoms with Gasteiger partial charge in [-0.1, -0.05) is 24.0 Å². The Morgan fingerprint density at radius 2 is 2.19 bits per heavy atom. The molecule has 0 saturated carbocycles. The lowest BCUT2D eigenvalue weighted by Crippen LogP contribution is -2.20. The number of carboxylic acid groups (broad SMARTS) is 1. The van der Waals surface area contributed by atoms with Crippen LogP contribution in [0.25, 0.3) is 0 Å². The van der Waals surface area contributed by atoms with E-state index in [2.05, 4.69) is 16.9 Å². The average molecular weight is 412 g/mol. The molecule has 0 spiro atoms. The van der Waals surface area contributed by atoms with E-state index in [9.17, 15) is 18.6 Å². The number of hydrogen-bond acceptors (Lipinski definition) is 8. The number of ether oxygens (including phenoxy) is 1. The fourth-order valence-electron chi connectivity index (χ4n) is 1.92. The quantitative estimate of drug-likeness (QED) is 0.471. The number of aryl methyl sites for hydroxylation is 1. The van der Waals surface area contributed by atoms with E-state index in [0.717, 1.165) is 11.3 Å². The van der Waals surface area contributed by atoms with Crippen LogP contribution in [0.3, 0.4) is 0 Å². The number of esters is 1. The molecule has 27 heavy (non-hydrogen) atoms. The molecule has 2 aromatic heterocycles. The third-order valence-corrected chi connectivity index (χ3v) is 5.27. The second-order valence-corrected chi connectivity index (χ2v) is 7.62.